The Labute approximate surface area is 196 Å². The fraction of sp³-hybridized carbons (Fsp3) is 0.714. The van der Waals surface area contributed by atoms with Crippen LogP contribution in [0.3, 0.4) is 0 Å². The summed E-state index contributed by atoms with van der Waals surface area (Å²) in [5.41, 5.74) is 2.26. The van der Waals surface area contributed by atoms with Gasteiger partial charge in [-0.3, -0.25) is 4.90 Å². The zero-order valence-corrected chi connectivity index (χ0v) is 20.8. The molecule has 3 aliphatic heterocycles. The Morgan fingerprint density at radius 2 is 1.85 bits per heavy atom. The predicted molar refractivity (Wildman–Crippen MR) is 125 cm³/mol. The van der Waals surface area contributed by atoms with Crippen molar-refractivity contribution in [1.29, 1.82) is 0 Å². The summed E-state index contributed by atoms with van der Waals surface area (Å²) >= 11 is 0. The van der Waals surface area contributed by atoms with Crippen LogP contribution in [-0.4, -0.2) is 78.2 Å². The Kier molecular flexibility index (Phi) is 7.23. The average molecular weight is 503 g/mol. The van der Waals surface area contributed by atoms with E-state index in [0.717, 1.165) is 55.0 Å². The summed E-state index contributed by atoms with van der Waals surface area (Å²) in [5.74, 6) is 1.84. The normalized spacial score (nSPS) is 26.2. The van der Waals surface area contributed by atoms with Crippen molar-refractivity contribution in [3.63, 3.8) is 0 Å². The minimum atomic E-state index is -3.83. The molecule has 2 fully saturated rings. The number of hydrogen-bond donors (Lipinski definition) is 2. The lowest BCUT2D eigenvalue weighted by molar-refractivity contribution is 0.0207. The molecule has 2 saturated heterocycles. The number of benzene rings is 1. The van der Waals surface area contributed by atoms with Crippen molar-refractivity contribution in [3.05, 3.63) is 23.3 Å². The molecule has 0 radical (unpaired) electrons. The zero-order chi connectivity index (χ0) is 23.8. The fourth-order valence-electron chi connectivity index (χ4n) is 5.78. The van der Waals surface area contributed by atoms with Crippen molar-refractivity contribution in [2.75, 3.05) is 46.2 Å². The molecule has 3 heterocycles. The van der Waals surface area contributed by atoms with Gasteiger partial charge in [0.05, 0.1) is 20.0 Å². The molecule has 3 aliphatic rings. The molecule has 1 aromatic carbocycles. The Morgan fingerprint density at radius 3 is 2.55 bits per heavy atom. The monoisotopic (exact) mass is 502 g/mol. The highest BCUT2D eigenvalue weighted by molar-refractivity contribution is 7.89. The van der Waals surface area contributed by atoms with E-state index in [1.165, 1.54) is 0 Å². The van der Waals surface area contributed by atoms with E-state index >= 15 is 0 Å². The number of methoxy groups -OCH3 is 2. The van der Waals surface area contributed by atoms with Crippen LogP contribution in [0.15, 0.2) is 12.1 Å². The van der Waals surface area contributed by atoms with Gasteiger partial charge >= 0.3 is 0 Å². The molecule has 1 aromatic rings. The highest BCUT2D eigenvalue weighted by atomic mass is 32.2. The third kappa shape index (κ3) is 5.15. The Hall–Kier alpha value is -1.44. The first-order valence-corrected chi connectivity index (χ1v) is 14.5. The summed E-state index contributed by atoms with van der Waals surface area (Å²) in [6.07, 6.45) is 3.60. The lowest BCUT2D eigenvalue weighted by Crippen LogP contribution is -2.57. The number of fused-ring (bicyclic) bond motifs is 4. The molecule has 10 nitrogen and oxygen atoms in total. The minimum absolute atomic E-state index is 0.000764. The molecule has 0 aliphatic carbocycles. The lowest BCUT2D eigenvalue weighted by Gasteiger charge is -2.52. The number of nitrogens with one attached hydrogen (secondary N) is 1. The second kappa shape index (κ2) is 9.67. The third-order valence-corrected chi connectivity index (χ3v) is 9.76. The van der Waals surface area contributed by atoms with Crippen molar-refractivity contribution in [2.45, 2.75) is 44.2 Å². The van der Waals surface area contributed by atoms with E-state index in [1.54, 1.807) is 18.5 Å². The van der Waals surface area contributed by atoms with Crippen LogP contribution < -0.4 is 19.3 Å². The predicted octanol–water partition coefficient (Wildman–Crippen LogP) is 0.600. The molecule has 0 aromatic heterocycles. The number of nitrogens with zero attached hydrogens (tertiary/aromatic N) is 2. The van der Waals surface area contributed by atoms with Crippen LogP contribution in [0, 0.1) is 5.92 Å². The summed E-state index contributed by atoms with van der Waals surface area (Å²) in [5, 5.41) is 4.94. The maximum Gasteiger partial charge on any atom is 0.274 e. The first kappa shape index (κ1) is 24.7. The molecule has 33 heavy (non-hydrogen) atoms. The van der Waals surface area contributed by atoms with Gasteiger partial charge in [-0.25, -0.2) is 18.3 Å². The molecule has 4 rings (SSSR count). The van der Waals surface area contributed by atoms with Gasteiger partial charge in [0, 0.05) is 49.4 Å². The molecule has 0 amide bonds. The molecule has 0 spiro atoms. The topological polar surface area (TPSA) is 131 Å². The highest BCUT2D eigenvalue weighted by Gasteiger charge is 2.46. The van der Waals surface area contributed by atoms with Crippen molar-refractivity contribution in [1.82, 2.24) is 13.9 Å². The maximum absolute atomic E-state index is 13.3. The summed E-state index contributed by atoms with van der Waals surface area (Å²) in [4.78, 5) is 2.47. The molecule has 0 saturated carbocycles. The number of nitrogens with two attached hydrogens (primary N) is 1. The van der Waals surface area contributed by atoms with Gasteiger partial charge < -0.3 is 9.47 Å². The smallest absolute Gasteiger partial charge is 0.274 e. The van der Waals surface area contributed by atoms with Crippen LogP contribution in [-0.2, 0) is 26.7 Å². The number of piperidine rings is 2. The zero-order valence-electron chi connectivity index (χ0n) is 19.2. The van der Waals surface area contributed by atoms with Crippen LogP contribution in [0.1, 0.15) is 42.9 Å². The second-order valence-corrected chi connectivity index (χ2v) is 12.5. The van der Waals surface area contributed by atoms with E-state index in [9.17, 15) is 16.8 Å². The SMILES string of the molecule is COc1ccc(OC)c2c1CCN1C[C@@H]3CCCN(S(=O)(=O)CCCNS(N)(=O)=O)[C@@H]3C[C@@H]21. The molecule has 186 valence electrons. The second-order valence-electron chi connectivity index (χ2n) is 9.05. The van der Waals surface area contributed by atoms with Crippen molar-refractivity contribution in [2.24, 2.45) is 11.1 Å². The van der Waals surface area contributed by atoms with E-state index in [1.807, 2.05) is 12.1 Å². The quantitative estimate of drug-likeness (QED) is 0.498. The summed E-state index contributed by atoms with van der Waals surface area (Å²) in [6.45, 7) is 2.27. The van der Waals surface area contributed by atoms with Gasteiger partial charge in [0.2, 0.25) is 10.0 Å². The molecular formula is C21H34N4O6S2. The maximum atomic E-state index is 13.3. The van der Waals surface area contributed by atoms with Gasteiger partial charge in [0.15, 0.2) is 0 Å². The molecule has 12 heteroatoms. The summed E-state index contributed by atoms with van der Waals surface area (Å²) in [7, 11) is -4.02. The van der Waals surface area contributed by atoms with Crippen LogP contribution in [0.5, 0.6) is 11.5 Å². The lowest BCUT2D eigenvalue weighted by atomic mass is 9.77. The molecule has 0 unspecified atom stereocenters. The van der Waals surface area contributed by atoms with Crippen LogP contribution in [0.4, 0.5) is 0 Å². The van der Waals surface area contributed by atoms with Crippen molar-refractivity contribution in [3.8, 4) is 11.5 Å². The van der Waals surface area contributed by atoms with E-state index in [2.05, 4.69) is 9.62 Å². The van der Waals surface area contributed by atoms with E-state index in [-0.39, 0.29) is 36.7 Å². The standard InChI is InChI=1S/C21H34N4O6S2/c1-30-19-6-7-20(31-2)21-16(19)8-11-24-14-15-5-3-10-25(17(15)13-18(21)24)32(26,27)12-4-9-23-33(22,28)29/h6-7,15,17-18,23H,3-5,8-14H2,1-2H3,(H2,22,28,29)/t15-,17+,18-/m0/s1. The van der Waals surface area contributed by atoms with Gasteiger partial charge in [0.1, 0.15) is 11.5 Å². The minimum Gasteiger partial charge on any atom is -0.496 e. The Balaban J connectivity index is 1.57. The van der Waals surface area contributed by atoms with Crippen LogP contribution in [0.25, 0.3) is 0 Å². The Morgan fingerprint density at radius 1 is 1.12 bits per heavy atom. The largest absolute Gasteiger partial charge is 0.496 e. The summed E-state index contributed by atoms with van der Waals surface area (Å²) < 4.78 is 63.8. The molecule has 3 atom stereocenters. The first-order chi connectivity index (χ1) is 15.6. The van der Waals surface area contributed by atoms with Gasteiger partial charge in [-0.1, -0.05) is 0 Å². The van der Waals surface area contributed by atoms with Crippen LogP contribution >= 0.6 is 0 Å². The first-order valence-electron chi connectivity index (χ1n) is 11.4. The Bertz CT molecular complexity index is 1080. The third-order valence-electron chi connectivity index (χ3n) is 7.18. The average Bonchev–Trinajstić information content (AvgIpc) is 2.78. The van der Waals surface area contributed by atoms with Crippen molar-refractivity contribution >= 4 is 20.2 Å². The van der Waals surface area contributed by atoms with Crippen LogP contribution in [0.2, 0.25) is 0 Å². The number of rotatable bonds is 8. The number of ether oxygens (including phenoxy) is 2. The van der Waals surface area contributed by atoms with Crippen molar-refractivity contribution < 1.29 is 26.3 Å². The fourth-order valence-corrected chi connectivity index (χ4v) is 8.03. The molecule has 3 N–H and O–H groups in total. The van der Waals surface area contributed by atoms with Gasteiger partial charge in [-0.05, 0) is 50.2 Å². The number of sulfonamides is 1. The van der Waals surface area contributed by atoms with E-state index in [0.29, 0.717) is 13.0 Å². The van der Waals surface area contributed by atoms with E-state index < -0.39 is 20.2 Å². The molecule has 0 bridgehead atoms. The van der Waals surface area contributed by atoms with Gasteiger partial charge in [-0.15, -0.1) is 0 Å². The summed E-state index contributed by atoms with van der Waals surface area (Å²) in [6, 6.07) is 3.85. The number of hydrogen-bond acceptors (Lipinski definition) is 7. The highest BCUT2D eigenvalue weighted by Crippen LogP contribution is 2.48. The van der Waals surface area contributed by atoms with Gasteiger partial charge in [0.25, 0.3) is 10.2 Å². The van der Waals surface area contributed by atoms with E-state index in [4.69, 9.17) is 14.6 Å². The van der Waals surface area contributed by atoms with Gasteiger partial charge in [-0.2, -0.15) is 12.7 Å². The molecular weight excluding hydrogens is 468 g/mol.